The van der Waals surface area contributed by atoms with Crippen LogP contribution in [-0.2, 0) is 9.53 Å². The summed E-state index contributed by atoms with van der Waals surface area (Å²) in [6.07, 6.45) is 7.23. The smallest absolute Gasteiger partial charge is 0.248 e. The van der Waals surface area contributed by atoms with Crippen molar-refractivity contribution in [1.29, 1.82) is 0 Å². The second-order valence-corrected chi connectivity index (χ2v) is 7.65. The number of ether oxygens (including phenoxy) is 1. The molecule has 4 heteroatoms. The summed E-state index contributed by atoms with van der Waals surface area (Å²) >= 11 is 0. The fraction of sp³-hybridized carbons (Fsp3) is 0.947. The third-order valence-corrected chi connectivity index (χ3v) is 5.82. The Morgan fingerprint density at radius 1 is 1.04 bits per heavy atom. The van der Waals surface area contributed by atoms with Crippen LogP contribution < -0.4 is 0 Å². The molecule has 0 N–H and O–H groups in total. The minimum absolute atomic E-state index is 0.189. The van der Waals surface area contributed by atoms with E-state index in [1.165, 1.54) is 32.4 Å². The zero-order valence-electron chi connectivity index (χ0n) is 15.4. The first-order valence-corrected chi connectivity index (χ1v) is 9.69. The first kappa shape index (κ1) is 18.7. The van der Waals surface area contributed by atoms with Crippen LogP contribution >= 0.6 is 0 Å². The number of carbonyl (C=O) groups is 1. The fourth-order valence-corrected chi connectivity index (χ4v) is 3.85. The molecule has 2 saturated heterocycles. The second-order valence-electron chi connectivity index (χ2n) is 7.65. The van der Waals surface area contributed by atoms with Crippen molar-refractivity contribution in [3.8, 4) is 0 Å². The van der Waals surface area contributed by atoms with Gasteiger partial charge in [-0.05, 0) is 70.9 Å². The maximum atomic E-state index is 12.2. The molecule has 0 saturated carbocycles. The number of carbonyl (C=O) groups excluding carboxylic acids is 1. The van der Waals surface area contributed by atoms with Crippen molar-refractivity contribution in [3.05, 3.63) is 0 Å². The molecule has 0 radical (unpaired) electrons. The minimum atomic E-state index is 0.189. The summed E-state index contributed by atoms with van der Waals surface area (Å²) in [5, 5.41) is 0. The summed E-state index contributed by atoms with van der Waals surface area (Å²) in [6, 6.07) is 0.668. The average molecular weight is 325 g/mol. The highest BCUT2D eigenvalue weighted by Gasteiger charge is 2.22. The molecule has 2 heterocycles. The van der Waals surface area contributed by atoms with Gasteiger partial charge in [0, 0.05) is 25.7 Å². The number of rotatable bonds is 7. The lowest BCUT2D eigenvalue weighted by Gasteiger charge is -2.34. The molecule has 2 rings (SSSR count). The lowest BCUT2D eigenvalue weighted by molar-refractivity contribution is -0.137. The molecule has 0 unspecified atom stereocenters. The number of likely N-dealkylation sites (tertiary alicyclic amines) is 2. The zero-order chi connectivity index (χ0) is 16.7. The first-order chi connectivity index (χ1) is 11.1. The normalized spacial score (nSPS) is 22.0. The van der Waals surface area contributed by atoms with Crippen molar-refractivity contribution in [3.63, 3.8) is 0 Å². The molecule has 2 aliphatic rings. The van der Waals surface area contributed by atoms with E-state index in [0.29, 0.717) is 6.04 Å². The summed E-state index contributed by atoms with van der Waals surface area (Å²) in [4.78, 5) is 16.7. The second kappa shape index (κ2) is 9.63. The molecule has 0 spiro atoms. The van der Waals surface area contributed by atoms with Crippen LogP contribution in [0.4, 0.5) is 0 Å². The molecule has 134 valence electrons. The Labute approximate surface area is 142 Å². The van der Waals surface area contributed by atoms with Crippen molar-refractivity contribution < 1.29 is 9.53 Å². The molecule has 0 bridgehead atoms. The van der Waals surface area contributed by atoms with Crippen LogP contribution in [-0.4, -0.2) is 61.1 Å². The van der Waals surface area contributed by atoms with Gasteiger partial charge in [-0.2, -0.15) is 0 Å². The molecule has 2 aliphatic heterocycles. The Bertz CT molecular complexity index is 343. The van der Waals surface area contributed by atoms with E-state index < -0.39 is 0 Å². The van der Waals surface area contributed by atoms with Gasteiger partial charge in [0.05, 0.1) is 0 Å². The van der Waals surface area contributed by atoms with E-state index in [-0.39, 0.29) is 12.5 Å². The van der Waals surface area contributed by atoms with E-state index in [4.69, 9.17) is 4.74 Å². The highest BCUT2D eigenvalue weighted by atomic mass is 16.5. The summed E-state index contributed by atoms with van der Waals surface area (Å²) in [5.41, 5.74) is 0. The highest BCUT2D eigenvalue weighted by molar-refractivity contribution is 5.77. The van der Waals surface area contributed by atoms with Gasteiger partial charge in [-0.1, -0.05) is 13.3 Å². The Hall–Kier alpha value is -0.610. The van der Waals surface area contributed by atoms with Gasteiger partial charge >= 0.3 is 0 Å². The van der Waals surface area contributed by atoms with E-state index in [2.05, 4.69) is 25.7 Å². The summed E-state index contributed by atoms with van der Waals surface area (Å²) in [6.45, 7) is 12.1. The van der Waals surface area contributed by atoms with Gasteiger partial charge < -0.3 is 14.5 Å². The van der Waals surface area contributed by atoms with Gasteiger partial charge in [0.2, 0.25) is 5.91 Å². The van der Waals surface area contributed by atoms with Crippen LogP contribution in [0.5, 0.6) is 0 Å². The molecule has 23 heavy (non-hydrogen) atoms. The average Bonchev–Trinajstić information content (AvgIpc) is 2.59. The topological polar surface area (TPSA) is 32.8 Å². The van der Waals surface area contributed by atoms with E-state index >= 15 is 0 Å². The molecule has 1 amide bonds. The third kappa shape index (κ3) is 6.07. The quantitative estimate of drug-likeness (QED) is 0.674. The number of amides is 1. The molecule has 2 fully saturated rings. The lowest BCUT2D eigenvalue weighted by Crippen LogP contribution is -2.40. The maximum Gasteiger partial charge on any atom is 0.248 e. The molecular formula is C19H36N2O2. The predicted molar refractivity (Wildman–Crippen MR) is 94.5 cm³/mol. The standard InChI is InChI=1S/C19H36N2O2/c1-4-17-5-12-21(13-6-17)19(22)15-23-14-9-18-7-10-20(11-8-18)16(2)3/h16-18H,4-15H2,1-3H3. The minimum Gasteiger partial charge on any atom is -0.372 e. The van der Waals surface area contributed by atoms with E-state index in [0.717, 1.165) is 50.8 Å². The number of nitrogens with zero attached hydrogens (tertiary/aromatic N) is 2. The summed E-state index contributed by atoms with van der Waals surface area (Å²) < 4.78 is 5.67. The Morgan fingerprint density at radius 2 is 1.65 bits per heavy atom. The highest BCUT2D eigenvalue weighted by Crippen LogP contribution is 2.22. The Balaban J connectivity index is 1.53. The van der Waals surface area contributed by atoms with Crippen molar-refractivity contribution in [2.75, 3.05) is 39.4 Å². The predicted octanol–water partition coefficient (Wildman–Crippen LogP) is 3.16. The Kier molecular flexibility index (Phi) is 7.84. The van der Waals surface area contributed by atoms with Crippen molar-refractivity contribution in [2.24, 2.45) is 11.8 Å². The van der Waals surface area contributed by atoms with Gasteiger partial charge in [0.15, 0.2) is 0 Å². The van der Waals surface area contributed by atoms with Gasteiger partial charge in [-0.15, -0.1) is 0 Å². The third-order valence-electron chi connectivity index (χ3n) is 5.82. The van der Waals surface area contributed by atoms with Crippen LogP contribution in [0.2, 0.25) is 0 Å². The van der Waals surface area contributed by atoms with Crippen LogP contribution in [0.15, 0.2) is 0 Å². The van der Waals surface area contributed by atoms with E-state index in [1.54, 1.807) is 0 Å². The molecule has 0 aromatic carbocycles. The molecule has 0 atom stereocenters. The monoisotopic (exact) mass is 324 g/mol. The summed E-state index contributed by atoms with van der Waals surface area (Å²) in [5.74, 6) is 1.78. The van der Waals surface area contributed by atoms with Crippen LogP contribution in [0.3, 0.4) is 0 Å². The molecular weight excluding hydrogens is 288 g/mol. The van der Waals surface area contributed by atoms with Crippen molar-refractivity contribution in [1.82, 2.24) is 9.80 Å². The van der Waals surface area contributed by atoms with Crippen molar-refractivity contribution in [2.45, 2.75) is 65.3 Å². The van der Waals surface area contributed by atoms with Crippen LogP contribution in [0, 0.1) is 11.8 Å². The Morgan fingerprint density at radius 3 is 2.22 bits per heavy atom. The SMILES string of the molecule is CCC1CCN(C(=O)COCCC2CCN(C(C)C)CC2)CC1. The van der Waals surface area contributed by atoms with Gasteiger partial charge in [0.25, 0.3) is 0 Å². The fourth-order valence-electron chi connectivity index (χ4n) is 3.85. The zero-order valence-corrected chi connectivity index (χ0v) is 15.4. The van der Waals surface area contributed by atoms with Gasteiger partial charge in [-0.3, -0.25) is 4.79 Å². The molecule has 0 aromatic rings. The molecule has 0 aliphatic carbocycles. The van der Waals surface area contributed by atoms with Crippen LogP contribution in [0.25, 0.3) is 0 Å². The van der Waals surface area contributed by atoms with Gasteiger partial charge in [0.1, 0.15) is 6.61 Å². The van der Waals surface area contributed by atoms with E-state index in [1.807, 2.05) is 4.90 Å². The number of piperidine rings is 2. The van der Waals surface area contributed by atoms with Crippen molar-refractivity contribution >= 4 is 5.91 Å². The maximum absolute atomic E-state index is 12.2. The summed E-state index contributed by atoms with van der Waals surface area (Å²) in [7, 11) is 0. The number of hydrogen-bond acceptors (Lipinski definition) is 3. The lowest BCUT2D eigenvalue weighted by atomic mass is 9.93. The van der Waals surface area contributed by atoms with Crippen LogP contribution in [0.1, 0.15) is 59.3 Å². The van der Waals surface area contributed by atoms with E-state index in [9.17, 15) is 4.79 Å². The van der Waals surface area contributed by atoms with Gasteiger partial charge in [-0.25, -0.2) is 0 Å². The first-order valence-electron chi connectivity index (χ1n) is 9.69. The molecule has 0 aromatic heterocycles. The molecule has 4 nitrogen and oxygen atoms in total. The largest absolute Gasteiger partial charge is 0.372 e. The number of hydrogen-bond donors (Lipinski definition) is 0.